The van der Waals surface area contributed by atoms with E-state index in [4.69, 9.17) is 9.47 Å². The van der Waals surface area contributed by atoms with Crippen molar-refractivity contribution in [3.63, 3.8) is 0 Å². The molecule has 182 valence electrons. The van der Waals surface area contributed by atoms with Crippen molar-refractivity contribution in [3.8, 4) is 11.5 Å². The third-order valence-electron chi connectivity index (χ3n) is 6.30. The molecule has 34 heavy (non-hydrogen) atoms. The molecule has 4 rings (SSSR count). The molecule has 2 aromatic rings. The lowest BCUT2D eigenvalue weighted by molar-refractivity contribution is -0.117. The van der Waals surface area contributed by atoms with E-state index in [1.807, 2.05) is 17.0 Å². The van der Waals surface area contributed by atoms with Gasteiger partial charge < -0.3 is 14.4 Å². The van der Waals surface area contributed by atoms with E-state index in [0.717, 1.165) is 35.2 Å². The predicted octanol–water partition coefficient (Wildman–Crippen LogP) is 3.67. The first-order valence-corrected chi connectivity index (χ1v) is 14.1. The number of sulfone groups is 1. The number of carbonyl (C=O) groups is 1. The highest BCUT2D eigenvalue weighted by Gasteiger charge is 2.50. The SMILES string of the molecule is CCc1cccc(CC)c1N1C(=NC(=O)Cc2ccc(OC)c(OC)c2)S[C@@H]2CS(=O)(=O)C[C@H]21. The van der Waals surface area contributed by atoms with Crippen LogP contribution in [0.15, 0.2) is 41.4 Å². The molecule has 1 amide bonds. The largest absolute Gasteiger partial charge is 0.493 e. The van der Waals surface area contributed by atoms with Crippen LogP contribution in [-0.4, -0.2) is 56.5 Å². The molecule has 0 N–H and O–H groups in total. The van der Waals surface area contributed by atoms with Crippen molar-refractivity contribution in [3.05, 3.63) is 53.1 Å². The van der Waals surface area contributed by atoms with Gasteiger partial charge in [-0.25, -0.2) is 8.42 Å². The highest BCUT2D eigenvalue weighted by Crippen LogP contribution is 2.43. The van der Waals surface area contributed by atoms with Gasteiger partial charge in [0.25, 0.3) is 5.91 Å². The van der Waals surface area contributed by atoms with Crippen LogP contribution in [0.4, 0.5) is 5.69 Å². The molecule has 0 aromatic heterocycles. The monoisotopic (exact) mass is 502 g/mol. The van der Waals surface area contributed by atoms with Crippen LogP contribution in [0.2, 0.25) is 0 Å². The summed E-state index contributed by atoms with van der Waals surface area (Å²) in [6.07, 6.45) is 1.73. The summed E-state index contributed by atoms with van der Waals surface area (Å²) in [6, 6.07) is 11.3. The first-order valence-electron chi connectivity index (χ1n) is 11.4. The van der Waals surface area contributed by atoms with Crippen LogP contribution in [0, 0.1) is 0 Å². The average molecular weight is 503 g/mol. The lowest BCUT2D eigenvalue weighted by Gasteiger charge is -2.29. The van der Waals surface area contributed by atoms with Crippen molar-refractivity contribution in [1.29, 1.82) is 0 Å². The second-order valence-electron chi connectivity index (χ2n) is 8.46. The average Bonchev–Trinajstić information content (AvgIpc) is 3.28. The number of carbonyl (C=O) groups excluding carboxylic acids is 1. The Bertz CT molecular complexity index is 1200. The van der Waals surface area contributed by atoms with E-state index >= 15 is 0 Å². The molecule has 0 radical (unpaired) electrons. The Morgan fingerprint density at radius 2 is 1.74 bits per heavy atom. The van der Waals surface area contributed by atoms with Gasteiger partial charge in [-0.1, -0.05) is 49.9 Å². The minimum absolute atomic E-state index is 0.0781. The van der Waals surface area contributed by atoms with Gasteiger partial charge in [-0.05, 0) is 41.7 Å². The highest BCUT2D eigenvalue weighted by atomic mass is 32.2. The van der Waals surface area contributed by atoms with E-state index < -0.39 is 9.84 Å². The molecular weight excluding hydrogens is 472 g/mol. The Kier molecular flexibility index (Phi) is 7.23. The number of aryl methyl sites for hydroxylation is 2. The van der Waals surface area contributed by atoms with Gasteiger partial charge in [0.05, 0.1) is 38.2 Å². The Balaban J connectivity index is 1.70. The number of nitrogens with zero attached hydrogens (tertiary/aromatic N) is 2. The van der Waals surface area contributed by atoms with Crippen LogP contribution in [-0.2, 0) is 33.9 Å². The smallest absolute Gasteiger partial charge is 0.252 e. The minimum atomic E-state index is -3.13. The predicted molar refractivity (Wildman–Crippen MR) is 137 cm³/mol. The highest BCUT2D eigenvalue weighted by molar-refractivity contribution is 8.16. The lowest BCUT2D eigenvalue weighted by atomic mass is 10.0. The molecule has 0 unspecified atom stereocenters. The van der Waals surface area contributed by atoms with E-state index in [0.29, 0.717) is 16.7 Å². The van der Waals surface area contributed by atoms with Crippen LogP contribution < -0.4 is 14.4 Å². The Hall–Kier alpha value is -2.52. The first kappa shape index (κ1) is 24.6. The molecule has 0 bridgehead atoms. The number of hydrogen-bond donors (Lipinski definition) is 0. The molecule has 7 nitrogen and oxygen atoms in total. The fourth-order valence-electron chi connectivity index (χ4n) is 4.66. The van der Waals surface area contributed by atoms with Gasteiger partial charge in [0, 0.05) is 10.9 Å². The van der Waals surface area contributed by atoms with Crippen LogP contribution in [0.3, 0.4) is 0 Å². The molecule has 2 aliphatic rings. The summed E-state index contributed by atoms with van der Waals surface area (Å²) < 4.78 is 35.5. The summed E-state index contributed by atoms with van der Waals surface area (Å²) in [5.74, 6) is 1.06. The maximum Gasteiger partial charge on any atom is 0.252 e. The van der Waals surface area contributed by atoms with Gasteiger partial charge in [-0.2, -0.15) is 4.99 Å². The number of anilines is 1. The molecule has 2 aromatic carbocycles. The molecule has 2 atom stereocenters. The number of aliphatic imine (C=N–C) groups is 1. The van der Waals surface area contributed by atoms with Gasteiger partial charge in [0.2, 0.25) is 0 Å². The van der Waals surface area contributed by atoms with E-state index in [9.17, 15) is 13.2 Å². The number of para-hydroxylation sites is 1. The van der Waals surface area contributed by atoms with Crippen molar-refractivity contribution < 1.29 is 22.7 Å². The van der Waals surface area contributed by atoms with Gasteiger partial charge in [0.15, 0.2) is 26.5 Å². The Morgan fingerprint density at radius 3 is 2.35 bits per heavy atom. The fraction of sp³-hybridized carbons (Fsp3) is 0.440. The molecule has 2 aliphatic heterocycles. The molecule has 0 aliphatic carbocycles. The van der Waals surface area contributed by atoms with E-state index in [1.54, 1.807) is 26.4 Å². The maximum absolute atomic E-state index is 13.0. The molecule has 9 heteroatoms. The molecule has 0 spiro atoms. The molecule has 2 heterocycles. The number of fused-ring (bicyclic) bond motifs is 1. The number of benzene rings is 2. The van der Waals surface area contributed by atoms with Gasteiger partial charge >= 0.3 is 0 Å². The Labute approximate surface area is 205 Å². The van der Waals surface area contributed by atoms with E-state index in [-0.39, 0.29) is 35.1 Å². The minimum Gasteiger partial charge on any atom is -0.493 e. The quantitative estimate of drug-likeness (QED) is 0.571. The summed E-state index contributed by atoms with van der Waals surface area (Å²) in [7, 11) is -0.00714. The van der Waals surface area contributed by atoms with Crippen LogP contribution in [0.1, 0.15) is 30.5 Å². The number of thioether (sulfide) groups is 1. The zero-order valence-electron chi connectivity index (χ0n) is 19.9. The van der Waals surface area contributed by atoms with Crippen molar-refractivity contribution in [2.45, 2.75) is 44.4 Å². The summed E-state index contributed by atoms with van der Waals surface area (Å²) in [6.45, 7) is 4.17. The van der Waals surface area contributed by atoms with E-state index in [2.05, 4.69) is 31.0 Å². The number of amides is 1. The maximum atomic E-state index is 13.0. The number of rotatable bonds is 7. The topological polar surface area (TPSA) is 85.3 Å². The molecule has 0 saturated carbocycles. The summed E-state index contributed by atoms with van der Waals surface area (Å²) >= 11 is 1.41. The van der Waals surface area contributed by atoms with Crippen molar-refractivity contribution in [2.75, 3.05) is 30.6 Å². The second-order valence-corrected chi connectivity index (χ2v) is 11.8. The first-order chi connectivity index (χ1) is 16.3. The van der Waals surface area contributed by atoms with E-state index in [1.165, 1.54) is 11.8 Å². The second kappa shape index (κ2) is 10.00. The van der Waals surface area contributed by atoms with Crippen LogP contribution in [0.25, 0.3) is 0 Å². The summed E-state index contributed by atoms with van der Waals surface area (Å²) in [5.41, 5.74) is 4.03. The number of hydrogen-bond acceptors (Lipinski definition) is 6. The van der Waals surface area contributed by atoms with Crippen LogP contribution >= 0.6 is 11.8 Å². The molecular formula is C25H30N2O5S2. The fourth-order valence-corrected chi connectivity index (χ4v) is 8.58. The van der Waals surface area contributed by atoms with Crippen LogP contribution in [0.5, 0.6) is 11.5 Å². The lowest BCUT2D eigenvalue weighted by Crippen LogP contribution is -2.39. The number of methoxy groups -OCH3 is 2. The van der Waals surface area contributed by atoms with Gasteiger partial charge in [-0.3, -0.25) is 4.79 Å². The van der Waals surface area contributed by atoms with Gasteiger partial charge in [0.1, 0.15) is 0 Å². The third kappa shape index (κ3) is 4.81. The molecule has 2 fully saturated rings. The summed E-state index contributed by atoms with van der Waals surface area (Å²) in [4.78, 5) is 19.6. The standard InChI is InChI=1S/C25H30N2O5S2/c1-5-17-8-7-9-18(6-2)24(17)27-19-14-34(29,30)15-22(19)33-25(27)26-23(28)13-16-10-11-20(31-3)21(12-16)32-4/h7-12,19,22H,5-6,13-15H2,1-4H3/t19-,22-/m1/s1. The number of amidine groups is 1. The number of ether oxygens (including phenoxy) is 2. The molecule has 2 saturated heterocycles. The van der Waals surface area contributed by atoms with Crippen molar-refractivity contribution in [2.24, 2.45) is 4.99 Å². The normalized spacial score (nSPS) is 22.1. The third-order valence-corrected chi connectivity index (χ3v) is 9.51. The van der Waals surface area contributed by atoms with Crippen molar-refractivity contribution in [1.82, 2.24) is 0 Å². The summed E-state index contributed by atoms with van der Waals surface area (Å²) in [5, 5.41) is 0.457. The zero-order chi connectivity index (χ0) is 24.5. The van der Waals surface area contributed by atoms with Gasteiger partial charge in [-0.15, -0.1) is 0 Å². The zero-order valence-corrected chi connectivity index (χ0v) is 21.5. The van der Waals surface area contributed by atoms with Crippen molar-refractivity contribution >= 4 is 38.4 Å². The Morgan fingerprint density at radius 1 is 1.06 bits per heavy atom.